The van der Waals surface area contributed by atoms with Gasteiger partial charge >= 0.3 is 0 Å². The maximum absolute atomic E-state index is 5.91. The second-order valence-electron chi connectivity index (χ2n) is 3.33. The molecular formula is C11H13NO. The van der Waals surface area contributed by atoms with Gasteiger partial charge in [-0.15, -0.1) is 0 Å². The first kappa shape index (κ1) is 8.32. The Bertz CT molecular complexity index is 368. The van der Waals surface area contributed by atoms with E-state index >= 15 is 0 Å². The zero-order valence-corrected chi connectivity index (χ0v) is 7.87. The van der Waals surface area contributed by atoms with Gasteiger partial charge in [0.1, 0.15) is 5.75 Å². The number of benzene rings is 1. The van der Waals surface area contributed by atoms with Crippen molar-refractivity contribution in [3.8, 4) is 5.75 Å². The third-order valence-corrected chi connectivity index (χ3v) is 2.47. The first-order valence-electron chi connectivity index (χ1n) is 4.34. The fourth-order valence-corrected chi connectivity index (χ4v) is 1.74. The summed E-state index contributed by atoms with van der Waals surface area (Å²) in [5.41, 5.74) is 9.56. The number of hydrogen-bond acceptors (Lipinski definition) is 2. The fraction of sp³-hybridized carbons (Fsp3) is 0.273. The van der Waals surface area contributed by atoms with Crippen molar-refractivity contribution in [3.05, 3.63) is 35.4 Å². The van der Waals surface area contributed by atoms with E-state index in [1.54, 1.807) is 7.11 Å². The second kappa shape index (κ2) is 2.89. The van der Waals surface area contributed by atoms with E-state index in [0.717, 1.165) is 5.75 Å². The molecule has 0 radical (unpaired) electrons. The molecule has 13 heavy (non-hydrogen) atoms. The fourth-order valence-electron chi connectivity index (χ4n) is 1.74. The number of fused-ring (bicyclic) bond motifs is 1. The molecule has 2 heteroatoms. The summed E-state index contributed by atoms with van der Waals surface area (Å²) < 4.78 is 5.15. The zero-order valence-electron chi connectivity index (χ0n) is 7.87. The highest BCUT2D eigenvalue weighted by Crippen LogP contribution is 2.34. The van der Waals surface area contributed by atoms with Crippen LogP contribution < -0.4 is 10.5 Å². The predicted octanol–water partition coefficient (Wildman–Crippen LogP) is 2.11. The Hall–Kier alpha value is -1.28. The average Bonchev–Trinajstić information content (AvgIpc) is 2.42. The van der Waals surface area contributed by atoms with Gasteiger partial charge in [0.2, 0.25) is 0 Å². The molecule has 1 aromatic rings. The van der Waals surface area contributed by atoms with Crippen molar-refractivity contribution < 1.29 is 4.74 Å². The van der Waals surface area contributed by atoms with Crippen molar-refractivity contribution in [2.24, 2.45) is 5.73 Å². The van der Waals surface area contributed by atoms with Crippen LogP contribution in [0.2, 0.25) is 0 Å². The monoisotopic (exact) mass is 175 g/mol. The first-order valence-corrected chi connectivity index (χ1v) is 4.34. The van der Waals surface area contributed by atoms with Crippen molar-refractivity contribution in [1.29, 1.82) is 0 Å². The Labute approximate surface area is 78.0 Å². The maximum Gasteiger partial charge on any atom is 0.119 e. The molecule has 0 spiro atoms. The van der Waals surface area contributed by atoms with E-state index in [4.69, 9.17) is 10.5 Å². The van der Waals surface area contributed by atoms with Crippen molar-refractivity contribution in [3.63, 3.8) is 0 Å². The summed E-state index contributed by atoms with van der Waals surface area (Å²) in [4.78, 5) is 0. The number of nitrogens with two attached hydrogens (primary N) is 1. The maximum atomic E-state index is 5.91. The number of rotatable bonds is 1. The van der Waals surface area contributed by atoms with Crippen LogP contribution in [0.15, 0.2) is 24.3 Å². The van der Waals surface area contributed by atoms with Gasteiger partial charge in [0.25, 0.3) is 0 Å². The summed E-state index contributed by atoms with van der Waals surface area (Å²) in [6.07, 6.45) is 2.07. The van der Waals surface area contributed by atoms with Gasteiger partial charge < -0.3 is 10.5 Å². The zero-order chi connectivity index (χ0) is 9.42. The lowest BCUT2D eigenvalue weighted by atomic mass is 10.1. The molecule has 2 rings (SSSR count). The van der Waals surface area contributed by atoms with E-state index in [-0.39, 0.29) is 6.04 Å². The van der Waals surface area contributed by atoms with Crippen molar-refractivity contribution in [1.82, 2.24) is 0 Å². The van der Waals surface area contributed by atoms with Gasteiger partial charge in [-0.3, -0.25) is 0 Å². The highest BCUT2D eigenvalue weighted by molar-refractivity contribution is 5.74. The Morgan fingerprint density at radius 1 is 1.38 bits per heavy atom. The van der Waals surface area contributed by atoms with E-state index in [2.05, 4.69) is 13.0 Å². The molecular weight excluding hydrogens is 162 g/mol. The van der Waals surface area contributed by atoms with Crippen LogP contribution in [0.5, 0.6) is 5.75 Å². The minimum atomic E-state index is 0.0564. The van der Waals surface area contributed by atoms with Crippen LogP contribution in [0.3, 0.4) is 0 Å². The van der Waals surface area contributed by atoms with Crippen LogP contribution in [-0.4, -0.2) is 7.11 Å². The Morgan fingerprint density at radius 3 is 2.85 bits per heavy atom. The first-order chi connectivity index (χ1) is 6.22. The molecule has 1 aliphatic carbocycles. The van der Waals surface area contributed by atoms with Crippen LogP contribution >= 0.6 is 0 Å². The number of ether oxygens (including phenoxy) is 1. The summed E-state index contributed by atoms with van der Waals surface area (Å²) >= 11 is 0. The molecule has 0 amide bonds. The molecule has 68 valence electrons. The van der Waals surface area contributed by atoms with Crippen molar-refractivity contribution in [2.75, 3.05) is 7.11 Å². The van der Waals surface area contributed by atoms with E-state index in [1.165, 1.54) is 16.7 Å². The van der Waals surface area contributed by atoms with Crippen LogP contribution in [-0.2, 0) is 0 Å². The summed E-state index contributed by atoms with van der Waals surface area (Å²) in [7, 11) is 1.68. The number of allylic oxidation sites excluding steroid dienone is 1. The summed E-state index contributed by atoms with van der Waals surface area (Å²) in [5, 5.41) is 0. The van der Waals surface area contributed by atoms with Gasteiger partial charge in [0, 0.05) is 6.04 Å². The smallest absolute Gasteiger partial charge is 0.119 e. The standard InChI is InChI=1S/C11H13NO/c1-7-5-11(12)9-4-3-8(13-2)6-10(7)9/h3-6,11H,12H2,1-2H3. The van der Waals surface area contributed by atoms with Gasteiger partial charge in [0.15, 0.2) is 0 Å². The topological polar surface area (TPSA) is 35.2 Å². The molecule has 0 saturated carbocycles. The lowest BCUT2D eigenvalue weighted by Crippen LogP contribution is -2.04. The molecule has 0 bridgehead atoms. The van der Waals surface area contributed by atoms with Crippen LogP contribution in [0.1, 0.15) is 24.1 Å². The molecule has 0 heterocycles. The van der Waals surface area contributed by atoms with Gasteiger partial charge in [-0.2, -0.15) is 0 Å². The molecule has 2 N–H and O–H groups in total. The summed E-state index contributed by atoms with van der Waals surface area (Å²) in [6, 6.07) is 6.08. The van der Waals surface area contributed by atoms with Crippen molar-refractivity contribution >= 4 is 5.57 Å². The number of hydrogen-bond donors (Lipinski definition) is 1. The van der Waals surface area contributed by atoms with Crippen LogP contribution in [0.4, 0.5) is 0 Å². The predicted molar refractivity (Wildman–Crippen MR) is 53.6 cm³/mol. The minimum absolute atomic E-state index is 0.0564. The average molecular weight is 175 g/mol. The Balaban J connectivity index is 2.53. The van der Waals surface area contributed by atoms with E-state index < -0.39 is 0 Å². The largest absolute Gasteiger partial charge is 0.497 e. The minimum Gasteiger partial charge on any atom is -0.497 e. The van der Waals surface area contributed by atoms with Gasteiger partial charge in [-0.05, 0) is 35.8 Å². The van der Waals surface area contributed by atoms with Crippen LogP contribution in [0.25, 0.3) is 5.57 Å². The molecule has 1 unspecified atom stereocenters. The molecule has 1 atom stereocenters. The molecule has 0 aromatic heterocycles. The summed E-state index contributed by atoms with van der Waals surface area (Å²) in [6.45, 7) is 2.07. The lowest BCUT2D eigenvalue weighted by Gasteiger charge is -2.07. The summed E-state index contributed by atoms with van der Waals surface area (Å²) in [5.74, 6) is 0.889. The quantitative estimate of drug-likeness (QED) is 0.709. The van der Waals surface area contributed by atoms with Gasteiger partial charge in [0.05, 0.1) is 7.11 Å². The van der Waals surface area contributed by atoms with Crippen LogP contribution in [0, 0.1) is 0 Å². The second-order valence-corrected chi connectivity index (χ2v) is 3.33. The molecule has 2 nitrogen and oxygen atoms in total. The number of methoxy groups -OCH3 is 1. The molecule has 1 aromatic carbocycles. The third-order valence-electron chi connectivity index (χ3n) is 2.47. The van der Waals surface area contributed by atoms with Crippen molar-refractivity contribution in [2.45, 2.75) is 13.0 Å². The van der Waals surface area contributed by atoms with Gasteiger partial charge in [-0.1, -0.05) is 12.1 Å². The normalized spacial score (nSPS) is 19.6. The lowest BCUT2D eigenvalue weighted by molar-refractivity contribution is 0.414. The molecule has 0 aliphatic heterocycles. The SMILES string of the molecule is COc1ccc2c(c1)C(C)=CC2N. The van der Waals surface area contributed by atoms with E-state index in [1.807, 2.05) is 18.2 Å². The highest BCUT2D eigenvalue weighted by Gasteiger charge is 2.17. The van der Waals surface area contributed by atoms with Gasteiger partial charge in [-0.25, -0.2) is 0 Å². The molecule has 0 saturated heterocycles. The highest BCUT2D eigenvalue weighted by atomic mass is 16.5. The molecule has 0 fully saturated rings. The molecule has 1 aliphatic rings. The Kier molecular flexibility index (Phi) is 1.85. The third kappa shape index (κ3) is 1.23. The Morgan fingerprint density at radius 2 is 2.15 bits per heavy atom. The van der Waals surface area contributed by atoms with E-state index in [0.29, 0.717) is 0 Å². The van der Waals surface area contributed by atoms with E-state index in [9.17, 15) is 0 Å².